The molecule has 15 heavy (non-hydrogen) atoms. The summed E-state index contributed by atoms with van der Waals surface area (Å²) in [4.78, 5) is 0. The molecule has 0 saturated heterocycles. The first-order valence-electron chi connectivity index (χ1n) is 7.06. The summed E-state index contributed by atoms with van der Waals surface area (Å²) in [6.07, 6.45) is 9.53. The Morgan fingerprint density at radius 1 is 0.933 bits per heavy atom. The van der Waals surface area contributed by atoms with Gasteiger partial charge in [0.1, 0.15) is 0 Å². The maximum atomic E-state index is 4.85. The molecule has 3 saturated carbocycles. The minimum atomic E-state index is 0.750. The first kappa shape index (κ1) is 13.0. The largest absolute Gasteiger partial charge is 0.331 e. The molecule has 4 atom stereocenters. The normalized spacial score (nSPS) is 40.0. The molecule has 3 rings (SSSR count). The summed E-state index contributed by atoms with van der Waals surface area (Å²) in [7, 11) is 0. The average Bonchev–Trinajstić information content (AvgIpc) is 2.96. The maximum Gasteiger partial charge on any atom is -0.0106 e. The third kappa shape index (κ3) is 2.75. The van der Waals surface area contributed by atoms with Gasteiger partial charge in [-0.25, -0.2) is 0 Å². The smallest absolute Gasteiger partial charge is 0.0106 e. The molecule has 2 N–H and O–H groups in total. The molecule has 0 aromatic carbocycles. The van der Waals surface area contributed by atoms with Gasteiger partial charge in [-0.1, -0.05) is 27.2 Å². The second-order valence-electron chi connectivity index (χ2n) is 5.00. The van der Waals surface area contributed by atoms with Crippen molar-refractivity contribution in [1.29, 1.82) is 0 Å². The van der Waals surface area contributed by atoms with Crippen LogP contribution < -0.4 is 5.73 Å². The van der Waals surface area contributed by atoms with E-state index in [9.17, 15) is 0 Å². The monoisotopic (exact) mass is 211 g/mol. The van der Waals surface area contributed by atoms with Crippen molar-refractivity contribution >= 4 is 0 Å². The Bertz CT molecular complexity index is 151. The van der Waals surface area contributed by atoms with E-state index in [1.165, 1.54) is 23.7 Å². The van der Waals surface area contributed by atoms with E-state index in [0.717, 1.165) is 6.54 Å². The summed E-state index contributed by atoms with van der Waals surface area (Å²) >= 11 is 0. The summed E-state index contributed by atoms with van der Waals surface area (Å²) in [6.45, 7) is 6.65. The number of fused-ring (bicyclic) bond motifs is 5. The van der Waals surface area contributed by atoms with Crippen molar-refractivity contribution in [3.8, 4) is 0 Å². The van der Waals surface area contributed by atoms with Crippen LogP contribution >= 0.6 is 0 Å². The number of hydrogen-bond acceptors (Lipinski definition) is 1. The Morgan fingerprint density at radius 3 is 1.73 bits per heavy atom. The predicted octanol–water partition coefficient (Wildman–Crippen LogP) is 3.82. The van der Waals surface area contributed by atoms with Crippen LogP contribution in [-0.4, -0.2) is 6.54 Å². The lowest BCUT2D eigenvalue weighted by Crippen LogP contribution is -2.15. The third-order valence-corrected chi connectivity index (χ3v) is 4.35. The lowest BCUT2D eigenvalue weighted by atomic mass is 9.82. The van der Waals surface area contributed by atoms with Crippen LogP contribution in [0.3, 0.4) is 0 Å². The standard InChI is InChI=1S/C10H16.C2H7N.C2H6/c1-2-9-7-4-5-8(6-7)10(9)3-1;1-2-3;1-2/h7-10H,1-6H2;2-3H2,1H3;1-2H3. The molecule has 3 fully saturated rings. The Labute approximate surface area is 95.8 Å². The van der Waals surface area contributed by atoms with Gasteiger partial charge in [-0.15, -0.1) is 0 Å². The topological polar surface area (TPSA) is 26.0 Å². The molecule has 3 aliphatic carbocycles. The highest BCUT2D eigenvalue weighted by molar-refractivity contribution is 4.98. The van der Waals surface area contributed by atoms with Gasteiger partial charge < -0.3 is 5.73 Å². The predicted molar refractivity (Wildman–Crippen MR) is 67.7 cm³/mol. The zero-order valence-electron chi connectivity index (χ0n) is 10.8. The Morgan fingerprint density at radius 2 is 1.33 bits per heavy atom. The van der Waals surface area contributed by atoms with Crippen molar-refractivity contribution in [2.24, 2.45) is 29.4 Å². The third-order valence-electron chi connectivity index (χ3n) is 4.35. The van der Waals surface area contributed by atoms with Crippen molar-refractivity contribution in [2.75, 3.05) is 6.54 Å². The molecule has 0 amide bonds. The molecular formula is C14H29N. The molecule has 1 heteroatoms. The van der Waals surface area contributed by atoms with E-state index in [4.69, 9.17) is 5.73 Å². The Balaban J connectivity index is 0.000000198. The summed E-state index contributed by atoms with van der Waals surface area (Å²) < 4.78 is 0. The molecule has 0 aromatic rings. The van der Waals surface area contributed by atoms with Gasteiger partial charge in [0.25, 0.3) is 0 Å². The fourth-order valence-corrected chi connectivity index (χ4v) is 4.02. The minimum absolute atomic E-state index is 0.750. The van der Waals surface area contributed by atoms with Gasteiger partial charge in [0.15, 0.2) is 0 Å². The summed E-state index contributed by atoms with van der Waals surface area (Å²) in [5, 5.41) is 0. The highest BCUT2D eigenvalue weighted by atomic mass is 14.5. The second-order valence-corrected chi connectivity index (χ2v) is 5.00. The molecule has 4 unspecified atom stereocenters. The van der Waals surface area contributed by atoms with Crippen LogP contribution in [0.5, 0.6) is 0 Å². The van der Waals surface area contributed by atoms with Crippen LogP contribution in [0.15, 0.2) is 0 Å². The molecule has 0 aliphatic heterocycles. The van der Waals surface area contributed by atoms with Gasteiger partial charge in [0.2, 0.25) is 0 Å². The molecule has 0 spiro atoms. The zero-order chi connectivity index (χ0) is 11.3. The van der Waals surface area contributed by atoms with E-state index in [2.05, 4.69) is 0 Å². The first-order chi connectivity index (χ1) is 7.36. The SMILES string of the molecule is C1CC2C3CCC(C3)C2C1.CC.CCN. The summed E-state index contributed by atoms with van der Waals surface area (Å²) in [6, 6.07) is 0. The molecule has 90 valence electrons. The Hall–Kier alpha value is -0.0400. The number of nitrogens with two attached hydrogens (primary N) is 1. The zero-order valence-corrected chi connectivity index (χ0v) is 10.8. The lowest BCUT2D eigenvalue weighted by molar-refractivity contribution is 0.259. The highest BCUT2D eigenvalue weighted by Crippen LogP contribution is 2.58. The van der Waals surface area contributed by atoms with E-state index in [1.54, 1.807) is 38.5 Å². The molecule has 0 heterocycles. The van der Waals surface area contributed by atoms with Gasteiger partial charge in [-0.3, -0.25) is 0 Å². The summed E-state index contributed by atoms with van der Waals surface area (Å²) in [5.41, 5.74) is 4.85. The fraction of sp³-hybridized carbons (Fsp3) is 1.00. The quantitative estimate of drug-likeness (QED) is 0.647. The molecule has 3 aliphatic rings. The van der Waals surface area contributed by atoms with Crippen LogP contribution in [0.4, 0.5) is 0 Å². The van der Waals surface area contributed by atoms with Crippen LogP contribution in [-0.2, 0) is 0 Å². The van der Waals surface area contributed by atoms with Crippen molar-refractivity contribution in [2.45, 2.75) is 59.3 Å². The molecule has 0 aromatic heterocycles. The fourth-order valence-electron chi connectivity index (χ4n) is 4.02. The van der Waals surface area contributed by atoms with Crippen molar-refractivity contribution in [3.05, 3.63) is 0 Å². The van der Waals surface area contributed by atoms with Crippen molar-refractivity contribution in [3.63, 3.8) is 0 Å². The summed E-state index contributed by atoms with van der Waals surface area (Å²) in [5.74, 6) is 4.80. The van der Waals surface area contributed by atoms with Crippen molar-refractivity contribution in [1.82, 2.24) is 0 Å². The van der Waals surface area contributed by atoms with E-state index < -0.39 is 0 Å². The molecular weight excluding hydrogens is 182 g/mol. The second kappa shape index (κ2) is 6.52. The molecule has 0 radical (unpaired) electrons. The van der Waals surface area contributed by atoms with Crippen LogP contribution in [0.2, 0.25) is 0 Å². The van der Waals surface area contributed by atoms with Gasteiger partial charge in [0, 0.05) is 0 Å². The number of rotatable bonds is 0. The average molecular weight is 211 g/mol. The lowest BCUT2D eigenvalue weighted by Gasteiger charge is -2.23. The van der Waals surface area contributed by atoms with E-state index in [-0.39, 0.29) is 0 Å². The molecule has 2 bridgehead atoms. The number of hydrogen-bond donors (Lipinski definition) is 1. The van der Waals surface area contributed by atoms with Gasteiger partial charge in [-0.2, -0.15) is 0 Å². The first-order valence-corrected chi connectivity index (χ1v) is 7.06. The Kier molecular flexibility index (Phi) is 5.66. The van der Waals surface area contributed by atoms with E-state index in [0.29, 0.717) is 0 Å². The molecule has 1 nitrogen and oxygen atoms in total. The van der Waals surface area contributed by atoms with E-state index in [1.807, 2.05) is 20.8 Å². The highest BCUT2D eigenvalue weighted by Gasteiger charge is 2.48. The van der Waals surface area contributed by atoms with Crippen LogP contribution in [0.25, 0.3) is 0 Å². The van der Waals surface area contributed by atoms with Gasteiger partial charge in [-0.05, 0) is 62.3 Å². The van der Waals surface area contributed by atoms with Crippen LogP contribution in [0.1, 0.15) is 59.3 Å². The van der Waals surface area contributed by atoms with Gasteiger partial charge >= 0.3 is 0 Å². The van der Waals surface area contributed by atoms with Crippen LogP contribution in [0, 0.1) is 23.7 Å². The maximum absolute atomic E-state index is 4.85. The minimum Gasteiger partial charge on any atom is -0.331 e. The van der Waals surface area contributed by atoms with Gasteiger partial charge in [0.05, 0.1) is 0 Å². The van der Waals surface area contributed by atoms with Crippen molar-refractivity contribution < 1.29 is 0 Å². The van der Waals surface area contributed by atoms with E-state index >= 15 is 0 Å².